The molecule has 0 saturated carbocycles. The lowest BCUT2D eigenvalue weighted by atomic mass is 9.98. The molecule has 0 unspecified atom stereocenters. The van der Waals surface area contributed by atoms with E-state index in [0.29, 0.717) is 11.0 Å². The first kappa shape index (κ1) is 15.5. The maximum absolute atomic E-state index is 5.42. The Bertz CT molecular complexity index is 606. The summed E-state index contributed by atoms with van der Waals surface area (Å²) in [5.41, 5.74) is 4.84. The summed E-state index contributed by atoms with van der Waals surface area (Å²) in [6.45, 7) is 7.23. The Labute approximate surface area is 132 Å². The summed E-state index contributed by atoms with van der Waals surface area (Å²) in [5, 5.41) is 7.27. The molecule has 2 nitrogen and oxygen atoms in total. The van der Waals surface area contributed by atoms with Gasteiger partial charge in [0.05, 0.1) is 0 Å². The minimum Gasteiger partial charge on any atom is -0.358 e. The highest BCUT2D eigenvalue weighted by Gasteiger charge is 2.10. The van der Waals surface area contributed by atoms with Gasteiger partial charge in [0, 0.05) is 12.2 Å². The second-order valence-electron chi connectivity index (χ2n) is 5.49. The summed E-state index contributed by atoms with van der Waals surface area (Å²) in [4.78, 5) is 0. The molecule has 2 rings (SSSR count). The largest absolute Gasteiger partial charge is 0.358 e. The fraction of sp³-hybridized carbons (Fsp3) is 0.278. The van der Waals surface area contributed by atoms with Crippen LogP contribution in [0.25, 0.3) is 0 Å². The highest BCUT2D eigenvalue weighted by molar-refractivity contribution is 7.80. The van der Waals surface area contributed by atoms with Crippen molar-refractivity contribution in [3.05, 3.63) is 65.2 Å². The molecule has 0 aliphatic heterocycles. The number of thiocarbonyl (C=S) groups is 1. The van der Waals surface area contributed by atoms with Gasteiger partial charge in [-0.05, 0) is 41.7 Å². The summed E-state index contributed by atoms with van der Waals surface area (Å²) in [6.07, 6.45) is 0. The van der Waals surface area contributed by atoms with Crippen molar-refractivity contribution < 1.29 is 0 Å². The van der Waals surface area contributed by atoms with Gasteiger partial charge in [-0.15, -0.1) is 0 Å². The average Bonchev–Trinajstić information content (AvgIpc) is 2.48. The van der Waals surface area contributed by atoms with Gasteiger partial charge in [0.15, 0.2) is 5.11 Å². The standard InChI is InChI=1S/C18H22N2S/c1-13(2)16-11-7-8-14(3)17(16)20-18(21)19-12-15-9-5-4-6-10-15/h4-11,13H,12H2,1-3H3,(H2,19,20,21). The van der Waals surface area contributed by atoms with Crippen molar-refractivity contribution in [1.29, 1.82) is 0 Å². The molecule has 0 radical (unpaired) electrons. The van der Waals surface area contributed by atoms with E-state index >= 15 is 0 Å². The molecular formula is C18H22N2S. The first-order chi connectivity index (χ1) is 10.1. The third-order valence-corrected chi connectivity index (χ3v) is 3.71. The Morgan fingerprint density at radius 1 is 1.05 bits per heavy atom. The van der Waals surface area contributed by atoms with Crippen LogP contribution in [0.3, 0.4) is 0 Å². The fourth-order valence-electron chi connectivity index (χ4n) is 2.28. The van der Waals surface area contributed by atoms with Gasteiger partial charge in [0.25, 0.3) is 0 Å². The van der Waals surface area contributed by atoms with Gasteiger partial charge in [-0.2, -0.15) is 0 Å². The highest BCUT2D eigenvalue weighted by atomic mass is 32.1. The van der Waals surface area contributed by atoms with Gasteiger partial charge < -0.3 is 10.6 Å². The number of hydrogen-bond donors (Lipinski definition) is 2. The zero-order chi connectivity index (χ0) is 15.2. The van der Waals surface area contributed by atoms with Crippen LogP contribution in [0.15, 0.2) is 48.5 Å². The van der Waals surface area contributed by atoms with E-state index < -0.39 is 0 Å². The molecule has 0 fully saturated rings. The molecule has 3 heteroatoms. The quantitative estimate of drug-likeness (QED) is 0.806. The van der Waals surface area contributed by atoms with Crippen LogP contribution in [0.5, 0.6) is 0 Å². The van der Waals surface area contributed by atoms with Crippen molar-refractivity contribution >= 4 is 23.0 Å². The van der Waals surface area contributed by atoms with E-state index in [1.54, 1.807) is 0 Å². The molecule has 0 aromatic heterocycles. The summed E-state index contributed by atoms with van der Waals surface area (Å²) in [5.74, 6) is 0.462. The van der Waals surface area contributed by atoms with Crippen molar-refractivity contribution in [3.8, 4) is 0 Å². The molecule has 110 valence electrons. The van der Waals surface area contributed by atoms with Crippen LogP contribution in [0.4, 0.5) is 5.69 Å². The molecule has 2 aromatic carbocycles. The van der Waals surface area contributed by atoms with E-state index in [1.165, 1.54) is 16.7 Å². The molecule has 0 amide bonds. The van der Waals surface area contributed by atoms with Gasteiger partial charge in [-0.25, -0.2) is 0 Å². The molecule has 0 spiro atoms. The van der Waals surface area contributed by atoms with Gasteiger partial charge >= 0.3 is 0 Å². The fourth-order valence-corrected chi connectivity index (χ4v) is 2.45. The van der Waals surface area contributed by atoms with Crippen LogP contribution in [0, 0.1) is 6.92 Å². The van der Waals surface area contributed by atoms with E-state index in [4.69, 9.17) is 12.2 Å². The Hall–Kier alpha value is -1.87. The van der Waals surface area contributed by atoms with Crippen molar-refractivity contribution in [3.63, 3.8) is 0 Å². The summed E-state index contributed by atoms with van der Waals surface area (Å²) in [6, 6.07) is 16.6. The molecule has 0 heterocycles. The maximum Gasteiger partial charge on any atom is 0.171 e. The van der Waals surface area contributed by atoms with Crippen LogP contribution in [-0.4, -0.2) is 5.11 Å². The van der Waals surface area contributed by atoms with Crippen molar-refractivity contribution in [2.24, 2.45) is 0 Å². The van der Waals surface area contributed by atoms with E-state index in [2.05, 4.69) is 61.7 Å². The smallest absolute Gasteiger partial charge is 0.171 e. The van der Waals surface area contributed by atoms with Gasteiger partial charge in [0.1, 0.15) is 0 Å². The second-order valence-corrected chi connectivity index (χ2v) is 5.90. The number of aryl methyl sites for hydroxylation is 1. The monoisotopic (exact) mass is 298 g/mol. The predicted octanol–water partition coefficient (Wildman–Crippen LogP) is 4.61. The van der Waals surface area contributed by atoms with Gasteiger partial charge in [-0.3, -0.25) is 0 Å². The van der Waals surface area contributed by atoms with Crippen LogP contribution in [0.2, 0.25) is 0 Å². The molecule has 21 heavy (non-hydrogen) atoms. The topological polar surface area (TPSA) is 24.1 Å². The summed E-state index contributed by atoms with van der Waals surface area (Å²) >= 11 is 5.42. The van der Waals surface area contributed by atoms with Crippen LogP contribution < -0.4 is 10.6 Å². The van der Waals surface area contributed by atoms with Crippen LogP contribution in [0.1, 0.15) is 36.5 Å². The highest BCUT2D eigenvalue weighted by Crippen LogP contribution is 2.27. The van der Waals surface area contributed by atoms with E-state index in [9.17, 15) is 0 Å². The first-order valence-electron chi connectivity index (χ1n) is 7.26. The Morgan fingerprint density at radius 3 is 2.43 bits per heavy atom. The van der Waals surface area contributed by atoms with E-state index in [0.717, 1.165) is 12.2 Å². The average molecular weight is 298 g/mol. The lowest BCUT2D eigenvalue weighted by Crippen LogP contribution is -2.28. The van der Waals surface area contributed by atoms with Crippen molar-refractivity contribution in [2.45, 2.75) is 33.2 Å². The number of anilines is 1. The lowest BCUT2D eigenvalue weighted by Gasteiger charge is -2.18. The minimum absolute atomic E-state index is 0.462. The van der Waals surface area contributed by atoms with Crippen LogP contribution >= 0.6 is 12.2 Å². The molecule has 0 aliphatic carbocycles. The number of hydrogen-bond acceptors (Lipinski definition) is 1. The first-order valence-corrected chi connectivity index (χ1v) is 7.67. The zero-order valence-electron chi connectivity index (χ0n) is 12.8. The number of nitrogens with one attached hydrogen (secondary N) is 2. The Morgan fingerprint density at radius 2 is 1.76 bits per heavy atom. The summed E-state index contributed by atoms with van der Waals surface area (Å²) < 4.78 is 0. The third-order valence-electron chi connectivity index (χ3n) is 3.46. The molecule has 0 aliphatic rings. The summed E-state index contributed by atoms with van der Waals surface area (Å²) in [7, 11) is 0. The Balaban J connectivity index is 2.03. The van der Waals surface area contributed by atoms with Crippen molar-refractivity contribution in [1.82, 2.24) is 5.32 Å². The third kappa shape index (κ3) is 4.30. The zero-order valence-corrected chi connectivity index (χ0v) is 13.6. The normalized spacial score (nSPS) is 10.5. The van der Waals surface area contributed by atoms with Crippen molar-refractivity contribution in [2.75, 3.05) is 5.32 Å². The molecule has 0 atom stereocenters. The Kier molecular flexibility index (Phi) is 5.34. The SMILES string of the molecule is Cc1cccc(C(C)C)c1NC(=S)NCc1ccccc1. The van der Waals surface area contributed by atoms with Crippen LogP contribution in [-0.2, 0) is 6.54 Å². The van der Waals surface area contributed by atoms with E-state index in [-0.39, 0.29) is 0 Å². The molecule has 2 aromatic rings. The van der Waals surface area contributed by atoms with Gasteiger partial charge in [0.2, 0.25) is 0 Å². The maximum atomic E-state index is 5.42. The van der Waals surface area contributed by atoms with Gasteiger partial charge in [-0.1, -0.05) is 62.4 Å². The molecule has 0 bridgehead atoms. The minimum atomic E-state index is 0.462. The molecule has 0 saturated heterocycles. The molecule has 2 N–H and O–H groups in total. The second kappa shape index (κ2) is 7.23. The predicted molar refractivity (Wildman–Crippen MR) is 94.8 cm³/mol. The number of para-hydroxylation sites is 1. The number of benzene rings is 2. The number of rotatable bonds is 4. The van der Waals surface area contributed by atoms with E-state index in [1.807, 2.05) is 18.2 Å². The lowest BCUT2D eigenvalue weighted by molar-refractivity contribution is 0.866. The molecular weight excluding hydrogens is 276 g/mol.